The van der Waals surface area contributed by atoms with E-state index in [9.17, 15) is 19.8 Å². The Hall–Kier alpha value is -3.89. The van der Waals surface area contributed by atoms with Gasteiger partial charge in [-0.15, -0.1) is 0 Å². The number of halogens is 2. The average Bonchev–Trinajstić information content (AvgIpc) is 2.76. The van der Waals surface area contributed by atoms with E-state index in [1.165, 1.54) is 37.4 Å². The number of allylic oxidation sites excluding steroid dienone is 1. The number of ether oxygens (including phenoxy) is 2. The third kappa shape index (κ3) is 5.38. The fourth-order valence-corrected chi connectivity index (χ4v) is 3.11. The standard InChI is InChI=1S/C23H16ClFN2O4/c1-30-22-11-16(9-18(13-26)17-3-2-4-19(25)12-17)10-21(24)23(22)31-14-15-5-7-20(8-6-15)27(28)29/h2-12H,14H2,1H3/b18-9-. The quantitative estimate of drug-likeness (QED) is 0.194. The molecule has 0 heterocycles. The molecular weight excluding hydrogens is 423 g/mol. The van der Waals surface area contributed by atoms with Crippen LogP contribution in [0.1, 0.15) is 16.7 Å². The Kier molecular flexibility index (Phi) is 6.85. The van der Waals surface area contributed by atoms with Gasteiger partial charge in [0.15, 0.2) is 11.5 Å². The Bertz CT molecular complexity index is 1190. The molecule has 0 N–H and O–H groups in total. The molecule has 3 rings (SSSR count). The van der Waals surface area contributed by atoms with Crippen molar-refractivity contribution in [3.05, 3.63) is 98.3 Å². The zero-order valence-electron chi connectivity index (χ0n) is 16.3. The summed E-state index contributed by atoms with van der Waals surface area (Å²) in [6.07, 6.45) is 1.57. The molecular formula is C23H16ClFN2O4. The first-order chi connectivity index (χ1) is 14.9. The van der Waals surface area contributed by atoms with Crippen molar-refractivity contribution >= 4 is 28.9 Å². The van der Waals surface area contributed by atoms with Crippen molar-refractivity contribution in [1.29, 1.82) is 5.26 Å². The van der Waals surface area contributed by atoms with Crippen LogP contribution >= 0.6 is 11.6 Å². The van der Waals surface area contributed by atoms with Gasteiger partial charge in [-0.1, -0.05) is 23.7 Å². The summed E-state index contributed by atoms with van der Waals surface area (Å²) < 4.78 is 24.6. The summed E-state index contributed by atoms with van der Waals surface area (Å²) in [5.74, 6) is 0.199. The number of nitro benzene ring substituents is 1. The van der Waals surface area contributed by atoms with E-state index in [2.05, 4.69) is 6.07 Å². The van der Waals surface area contributed by atoms with Gasteiger partial charge in [0.2, 0.25) is 0 Å². The van der Waals surface area contributed by atoms with Gasteiger partial charge >= 0.3 is 0 Å². The minimum absolute atomic E-state index is 0.0119. The summed E-state index contributed by atoms with van der Waals surface area (Å²) in [5, 5.41) is 20.5. The van der Waals surface area contributed by atoms with Crippen molar-refractivity contribution in [1.82, 2.24) is 0 Å². The van der Waals surface area contributed by atoms with Crippen LogP contribution in [-0.4, -0.2) is 12.0 Å². The third-order valence-electron chi connectivity index (χ3n) is 4.35. The molecule has 3 aromatic rings. The normalized spacial score (nSPS) is 11.0. The zero-order chi connectivity index (χ0) is 22.4. The topological polar surface area (TPSA) is 85.4 Å². The van der Waals surface area contributed by atoms with Gasteiger partial charge in [-0.2, -0.15) is 5.26 Å². The second-order valence-electron chi connectivity index (χ2n) is 6.43. The van der Waals surface area contributed by atoms with Crippen LogP contribution in [0.2, 0.25) is 5.02 Å². The molecule has 0 aliphatic rings. The van der Waals surface area contributed by atoms with Crippen LogP contribution in [0.3, 0.4) is 0 Å². The third-order valence-corrected chi connectivity index (χ3v) is 4.63. The fraction of sp³-hybridized carbons (Fsp3) is 0.0870. The maximum Gasteiger partial charge on any atom is 0.269 e. The SMILES string of the molecule is COc1cc(/C=C(/C#N)c2cccc(F)c2)cc(Cl)c1OCc1ccc([N+](=O)[O-])cc1. The van der Waals surface area contributed by atoms with Gasteiger partial charge in [0.05, 0.1) is 28.7 Å². The Morgan fingerprint density at radius 2 is 1.97 bits per heavy atom. The number of nitro groups is 1. The molecule has 0 bridgehead atoms. The van der Waals surface area contributed by atoms with Gasteiger partial charge in [-0.3, -0.25) is 10.1 Å². The predicted octanol–water partition coefficient (Wildman–Crippen LogP) is 6.04. The lowest BCUT2D eigenvalue weighted by molar-refractivity contribution is -0.384. The van der Waals surface area contributed by atoms with Crippen molar-refractivity contribution in [2.45, 2.75) is 6.61 Å². The summed E-state index contributed by atoms with van der Waals surface area (Å²) in [6, 6.07) is 17.0. The second kappa shape index (κ2) is 9.74. The molecule has 0 saturated heterocycles. The van der Waals surface area contributed by atoms with Crippen molar-refractivity contribution in [3.63, 3.8) is 0 Å². The Morgan fingerprint density at radius 1 is 1.23 bits per heavy atom. The number of nitriles is 1. The molecule has 31 heavy (non-hydrogen) atoms. The molecule has 0 fully saturated rings. The van der Waals surface area contributed by atoms with Crippen molar-refractivity contribution < 1.29 is 18.8 Å². The number of non-ortho nitro benzene ring substituents is 1. The minimum Gasteiger partial charge on any atom is -0.493 e. The number of benzene rings is 3. The summed E-state index contributed by atoms with van der Waals surface area (Å²) in [7, 11) is 1.45. The monoisotopic (exact) mass is 438 g/mol. The van der Waals surface area contributed by atoms with E-state index < -0.39 is 10.7 Å². The van der Waals surface area contributed by atoms with Crippen molar-refractivity contribution in [2.75, 3.05) is 7.11 Å². The van der Waals surface area contributed by atoms with E-state index in [-0.39, 0.29) is 22.9 Å². The summed E-state index contributed by atoms with van der Waals surface area (Å²) in [4.78, 5) is 10.3. The van der Waals surface area contributed by atoms with Gasteiger partial charge in [0.1, 0.15) is 12.4 Å². The van der Waals surface area contributed by atoms with E-state index in [0.29, 0.717) is 28.2 Å². The first kappa shape index (κ1) is 21.8. The molecule has 0 aliphatic heterocycles. The highest BCUT2D eigenvalue weighted by molar-refractivity contribution is 6.32. The van der Waals surface area contributed by atoms with Crippen LogP contribution in [-0.2, 0) is 6.61 Å². The Morgan fingerprint density at radius 3 is 2.58 bits per heavy atom. The molecule has 0 radical (unpaired) electrons. The Balaban J connectivity index is 1.86. The lowest BCUT2D eigenvalue weighted by atomic mass is 10.0. The molecule has 156 valence electrons. The van der Waals surface area contributed by atoms with E-state index >= 15 is 0 Å². The molecule has 0 aliphatic carbocycles. The highest BCUT2D eigenvalue weighted by Gasteiger charge is 2.13. The maximum atomic E-state index is 13.5. The fourth-order valence-electron chi connectivity index (χ4n) is 2.84. The molecule has 8 heteroatoms. The highest BCUT2D eigenvalue weighted by Crippen LogP contribution is 2.38. The second-order valence-corrected chi connectivity index (χ2v) is 6.83. The van der Waals surface area contributed by atoms with Gasteiger partial charge in [-0.25, -0.2) is 4.39 Å². The highest BCUT2D eigenvalue weighted by atomic mass is 35.5. The smallest absolute Gasteiger partial charge is 0.269 e. The zero-order valence-corrected chi connectivity index (χ0v) is 17.1. The van der Waals surface area contributed by atoms with Gasteiger partial charge < -0.3 is 9.47 Å². The average molecular weight is 439 g/mol. The minimum atomic E-state index is -0.476. The van der Waals surface area contributed by atoms with E-state index in [4.69, 9.17) is 21.1 Å². The molecule has 0 atom stereocenters. The number of hydrogen-bond acceptors (Lipinski definition) is 5. The maximum absolute atomic E-state index is 13.5. The van der Waals surface area contributed by atoms with E-state index in [0.717, 1.165) is 0 Å². The number of rotatable bonds is 7. The number of hydrogen-bond donors (Lipinski definition) is 0. The Labute approximate surface area is 182 Å². The van der Waals surface area contributed by atoms with Crippen LogP contribution in [0.5, 0.6) is 11.5 Å². The lowest BCUT2D eigenvalue weighted by Gasteiger charge is -2.13. The van der Waals surface area contributed by atoms with Crippen LogP contribution in [0.25, 0.3) is 11.6 Å². The summed E-state index contributed by atoms with van der Waals surface area (Å²) in [5.41, 5.74) is 1.98. The molecule has 0 spiro atoms. The molecule has 0 amide bonds. The predicted molar refractivity (Wildman–Crippen MR) is 115 cm³/mol. The molecule has 6 nitrogen and oxygen atoms in total. The molecule has 0 saturated carbocycles. The van der Waals surface area contributed by atoms with Crippen molar-refractivity contribution in [2.24, 2.45) is 0 Å². The van der Waals surface area contributed by atoms with Crippen LogP contribution in [0.4, 0.5) is 10.1 Å². The number of nitrogens with zero attached hydrogens (tertiary/aromatic N) is 2. The van der Waals surface area contributed by atoms with Gasteiger partial charge in [0, 0.05) is 12.1 Å². The summed E-state index contributed by atoms with van der Waals surface area (Å²) in [6.45, 7) is 0.121. The first-order valence-corrected chi connectivity index (χ1v) is 9.40. The van der Waals surface area contributed by atoms with Gasteiger partial charge in [-0.05, 0) is 59.2 Å². The van der Waals surface area contributed by atoms with Crippen LogP contribution < -0.4 is 9.47 Å². The van der Waals surface area contributed by atoms with Crippen molar-refractivity contribution in [3.8, 4) is 17.6 Å². The molecule has 0 aromatic heterocycles. The molecule has 3 aromatic carbocycles. The largest absolute Gasteiger partial charge is 0.493 e. The first-order valence-electron chi connectivity index (χ1n) is 9.02. The van der Waals surface area contributed by atoms with Crippen LogP contribution in [0.15, 0.2) is 60.7 Å². The number of methoxy groups -OCH3 is 1. The molecule has 0 unspecified atom stereocenters. The van der Waals surface area contributed by atoms with E-state index in [1.54, 1.807) is 36.4 Å². The van der Waals surface area contributed by atoms with Crippen LogP contribution in [0, 0.1) is 27.3 Å². The summed E-state index contributed by atoms with van der Waals surface area (Å²) >= 11 is 6.38. The van der Waals surface area contributed by atoms with E-state index in [1.807, 2.05) is 0 Å². The van der Waals surface area contributed by atoms with Gasteiger partial charge in [0.25, 0.3) is 5.69 Å². The lowest BCUT2D eigenvalue weighted by Crippen LogP contribution is -1.99.